The molecule has 0 saturated heterocycles. The molecule has 0 spiro atoms. The van der Waals surface area contributed by atoms with Gasteiger partial charge in [0.1, 0.15) is 0 Å². The van der Waals surface area contributed by atoms with E-state index >= 15 is 0 Å². The molecule has 0 N–H and O–H groups in total. The van der Waals surface area contributed by atoms with E-state index in [2.05, 4.69) is 125 Å². The Morgan fingerprint density at radius 3 is 2.00 bits per heavy atom. The third kappa shape index (κ3) is 3.18. The van der Waals surface area contributed by atoms with E-state index in [4.69, 9.17) is 4.98 Å². The minimum atomic E-state index is -0.629. The van der Waals surface area contributed by atoms with E-state index in [0.717, 1.165) is 16.8 Å². The first-order valence-corrected chi connectivity index (χ1v) is 13.7. The molecule has 0 fully saturated rings. The Bertz CT molecular complexity index is 1590. The minimum Gasteiger partial charge on any atom is -0.296 e. The van der Waals surface area contributed by atoms with Gasteiger partial charge >= 0.3 is 0 Å². The number of pyridine rings is 1. The second-order valence-electron chi connectivity index (χ2n) is 10.8. The molecule has 1 unspecified atom stereocenters. The van der Waals surface area contributed by atoms with Crippen LogP contribution in [0.4, 0.5) is 0 Å². The van der Waals surface area contributed by atoms with E-state index in [0.29, 0.717) is 0 Å². The Hall–Kier alpha value is -2.63. The summed E-state index contributed by atoms with van der Waals surface area (Å²) in [6.45, 7) is 9.52. The maximum atomic E-state index is 5.07. The molecule has 2 aliphatic rings. The first-order valence-electron chi connectivity index (χ1n) is 12.3. The maximum absolute atomic E-state index is 5.07. The number of fused-ring (bicyclic) bond motifs is 5. The van der Waals surface area contributed by atoms with Crippen LogP contribution in [0.2, 0.25) is 0 Å². The van der Waals surface area contributed by atoms with E-state index < -0.39 is 7.92 Å². The van der Waals surface area contributed by atoms with Crippen LogP contribution in [-0.4, -0.2) is 4.98 Å². The largest absolute Gasteiger partial charge is 0.296 e. The van der Waals surface area contributed by atoms with Gasteiger partial charge in [-0.2, -0.15) is 0 Å². The second-order valence-corrected chi connectivity index (χ2v) is 12.9. The van der Waals surface area contributed by atoms with Crippen LogP contribution in [0.25, 0.3) is 22.2 Å². The van der Waals surface area contributed by atoms with Gasteiger partial charge in [-0.05, 0) is 49.7 Å². The Morgan fingerprint density at radius 2 is 1.28 bits per heavy atom. The molecule has 5 aromatic rings. The van der Waals surface area contributed by atoms with Crippen molar-refractivity contribution in [3.8, 4) is 11.3 Å². The molecular weight excluding hydrogens is 634 g/mol. The van der Waals surface area contributed by atoms with Gasteiger partial charge in [-0.25, -0.2) is 0 Å². The smallest absolute Gasteiger partial charge is 0.0595 e. The summed E-state index contributed by atoms with van der Waals surface area (Å²) >= 11 is 0. The molecule has 1 atom stereocenters. The standard InChI is InChI=1S/C33H27NP.Ir/c1-32(2)23-12-6-9-15-29(23)35-30-16-10-7-13-24(30)33(3,4)26-20-22(19-25(32)31(26)35)28-18-17-21-11-5-8-14-27(21)34-28;/h5-19H,1-4H3;/q-1;. The number of hydrogen-bond donors (Lipinski definition) is 0. The topological polar surface area (TPSA) is 12.9 Å². The van der Waals surface area contributed by atoms with Gasteiger partial charge < -0.3 is 0 Å². The predicted molar refractivity (Wildman–Crippen MR) is 149 cm³/mol. The fraction of sp³-hybridized carbons (Fsp3) is 0.182. The van der Waals surface area contributed by atoms with E-state index in [1.54, 1.807) is 0 Å². The second kappa shape index (κ2) is 8.19. The van der Waals surface area contributed by atoms with Crippen LogP contribution >= 0.6 is 7.92 Å². The average molecular weight is 661 g/mol. The Kier molecular flexibility index (Phi) is 5.40. The summed E-state index contributed by atoms with van der Waals surface area (Å²) in [5.41, 5.74) is 8.55. The summed E-state index contributed by atoms with van der Waals surface area (Å²) in [5, 5.41) is 5.67. The molecule has 4 aromatic carbocycles. The fourth-order valence-corrected chi connectivity index (χ4v) is 9.68. The first-order chi connectivity index (χ1) is 16.9. The molecule has 1 aromatic heterocycles. The van der Waals surface area contributed by atoms with Crippen molar-refractivity contribution in [2.75, 3.05) is 0 Å². The van der Waals surface area contributed by atoms with Crippen LogP contribution < -0.4 is 15.9 Å². The van der Waals surface area contributed by atoms with Crippen LogP contribution in [0.15, 0.2) is 91.0 Å². The zero-order chi connectivity index (χ0) is 23.9. The van der Waals surface area contributed by atoms with E-state index in [1.165, 1.54) is 43.6 Å². The van der Waals surface area contributed by atoms with Crippen LogP contribution in [0.1, 0.15) is 49.9 Å². The van der Waals surface area contributed by atoms with E-state index in [-0.39, 0.29) is 30.9 Å². The van der Waals surface area contributed by atoms with Crippen molar-refractivity contribution in [1.82, 2.24) is 4.98 Å². The van der Waals surface area contributed by atoms with Crippen LogP contribution in [-0.2, 0) is 30.9 Å². The number of rotatable bonds is 1. The summed E-state index contributed by atoms with van der Waals surface area (Å²) < 4.78 is 0. The molecule has 2 aliphatic heterocycles. The van der Waals surface area contributed by atoms with Gasteiger partial charge in [-0.15, -0.1) is 28.8 Å². The molecule has 179 valence electrons. The number of benzene rings is 4. The number of para-hydroxylation sites is 1. The summed E-state index contributed by atoms with van der Waals surface area (Å²) in [4.78, 5) is 5.07. The molecule has 1 radical (unpaired) electrons. The van der Waals surface area contributed by atoms with Crippen molar-refractivity contribution in [3.63, 3.8) is 0 Å². The molecule has 0 aliphatic carbocycles. The zero-order valence-corrected chi connectivity index (χ0v) is 24.2. The quantitative estimate of drug-likeness (QED) is 0.144. The monoisotopic (exact) mass is 661 g/mol. The normalized spacial score (nSPS) is 17.9. The SMILES string of the molecule is CC1(C)c2[c-]c(-c3ccc4ccccc4n3)cc3c2P(c2ccccc21)c1ccccc1C3(C)C.[Ir]. The summed E-state index contributed by atoms with van der Waals surface area (Å²) in [7, 11) is -0.629. The Labute approximate surface area is 228 Å². The number of nitrogens with zero attached hydrogens (tertiary/aromatic N) is 1. The van der Waals surface area contributed by atoms with Gasteiger partial charge in [0, 0.05) is 20.1 Å². The van der Waals surface area contributed by atoms with Gasteiger partial charge in [0.05, 0.1) is 5.52 Å². The van der Waals surface area contributed by atoms with Gasteiger partial charge in [-0.1, -0.05) is 120 Å². The molecule has 3 heteroatoms. The molecule has 0 bridgehead atoms. The molecule has 0 amide bonds. The van der Waals surface area contributed by atoms with Crippen LogP contribution in [0.3, 0.4) is 0 Å². The molecule has 3 heterocycles. The molecular formula is C33H27IrNP-. The molecule has 0 saturated carbocycles. The van der Waals surface area contributed by atoms with Crippen LogP contribution in [0, 0.1) is 6.07 Å². The Balaban J connectivity index is 0.00000240. The molecule has 1 nitrogen and oxygen atoms in total. The predicted octanol–water partition coefficient (Wildman–Crippen LogP) is 6.74. The fourth-order valence-electron chi connectivity index (χ4n) is 6.14. The maximum Gasteiger partial charge on any atom is 0.0595 e. The third-order valence-corrected chi connectivity index (χ3v) is 10.7. The van der Waals surface area contributed by atoms with E-state index in [1.807, 2.05) is 0 Å². The minimum absolute atomic E-state index is 0. The van der Waals surface area contributed by atoms with Gasteiger partial charge in [0.25, 0.3) is 0 Å². The van der Waals surface area contributed by atoms with E-state index in [9.17, 15) is 0 Å². The number of aromatic nitrogens is 1. The van der Waals surface area contributed by atoms with Crippen LogP contribution in [0.5, 0.6) is 0 Å². The van der Waals surface area contributed by atoms with Gasteiger partial charge in [-0.3, -0.25) is 4.98 Å². The summed E-state index contributed by atoms with van der Waals surface area (Å²) in [6.07, 6.45) is 0. The van der Waals surface area contributed by atoms with Crippen molar-refractivity contribution in [2.24, 2.45) is 0 Å². The van der Waals surface area contributed by atoms with Gasteiger partial charge in [0.2, 0.25) is 0 Å². The van der Waals surface area contributed by atoms with Crippen molar-refractivity contribution >= 4 is 34.7 Å². The average Bonchev–Trinajstić information content (AvgIpc) is 2.88. The summed E-state index contributed by atoms with van der Waals surface area (Å²) in [5.74, 6) is 0. The van der Waals surface area contributed by atoms with Crippen molar-refractivity contribution < 1.29 is 20.1 Å². The first kappa shape index (κ1) is 23.7. The van der Waals surface area contributed by atoms with Crippen molar-refractivity contribution in [2.45, 2.75) is 38.5 Å². The van der Waals surface area contributed by atoms with Crippen molar-refractivity contribution in [3.05, 3.63) is 119 Å². The van der Waals surface area contributed by atoms with Crippen molar-refractivity contribution in [1.29, 1.82) is 0 Å². The number of hydrogen-bond acceptors (Lipinski definition) is 1. The Morgan fingerprint density at radius 1 is 0.667 bits per heavy atom. The van der Waals surface area contributed by atoms with Gasteiger partial charge in [0.15, 0.2) is 0 Å². The zero-order valence-electron chi connectivity index (χ0n) is 20.9. The molecule has 36 heavy (non-hydrogen) atoms. The summed E-state index contributed by atoms with van der Waals surface area (Å²) in [6, 6.07) is 37.2. The molecule has 7 rings (SSSR count). The third-order valence-electron chi connectivity index (χ3n) is 8.07.